The third-order valence-corrected chi connectivity index (χ3v) is 2.45. The summed E-state index contributed by atoms with van der Waals surface area (Å²) >= 11 is 0. The van der Waals surface area contributed by atoms with E-state index >= 15 is 0 Å². The first kappa shape index (κ1) is 14.1. The van der Waals surface area contributed by atoms with Gasteiger partial charge in [-0.1, -0.05) is 0 Å². The van der Waals surface area contributed by atoms with E-state index in [2.05, 4.69) is 35.7 Å². The zero-order valence-corrected chi connectivity index (χ0v) is 11.3. The van der Waals surface area contributed by atoms with E-state index in [-0.39, 0.29) is 6.61 Å². The minimum Gasteiger partial charge on any atom is -0.396 e. The highest BCUT2D eigenvalue weighted by molar-refractivity contribution is 5.37. The Bertz CT molecular complexity index is 515. The van der Waals surface area contributed by atoms with E-state index in [1.54, 1.807) is 0 Å². The van der Waals surface area contributed by atoms with Gasteiger partial charge >= 0.3 is 0 Å². The molecule has 2 aromatic heterocycles. The van der Waals surface area contributed by atoms with Gasteiger partial charge in [-0.2, -0.15) is 24.7 Å². The second-order valence-corrected chi connectivity index (χ2v) is 4.01. The second kappa shape index (κ2) is 7.34. The Morgan fingerprint density at radius 1 is 1.15 bits per heavy atom. The predicted molar refractivity (Wildman–Crippen MR) is 73.7 cm³/mol. The van der Waals surface area contributed by atoms with Gasteiger partial charge in [0.2, 0.25) is 11.9 Å². The van der Waals surface area contributed by atoms with E-state index in [9.17, 15) is 0 Å². The molecule has 0 atom stereocenters. The van der Waals surface area contributed by atoms with Crippen LogP contribution >= 0.6 is 0 Å². The van der Waals surface area contributed by atoms with Crippen LogP contribution in [0.5, 0.6) is 0 Å². The van der Waals surface area contributed by atoms with Crippen molar-refractivity contribution in [3.05, 3.63) is 12.7 Å². The van der Waals surface area contributed by atoms with Gasteiger partial charge in [0.25, 0.3) is 5.95 Å². The van der Waals surface area contributed by atoms with Crippen molar-refractivity contribution in [1.82, 2.24) is 29.7 Å². The van der Waals surface area contributed by atoms with Crippen molar-refractivity contribution in [2.75, 3.05) is 30.3 Å². The highest BCUT2D eigenvalue weighted by atomic mass is 16.2. The lowest BCUT2D eigenvalue weighted by Crippen LogP contribution is -2.13. The summed E-state index contributed by atoms with van der Waals surface area (Å²) in [4.78, 5) is 16.7. The lowest BCUT2D eigenvalue weighted by molar-refractivity contribution is 0.286. The smallest absolute Gasteiger partial charge is 0.258 e. The SMILES string of the molecule is CCNc1nc(NCCCCO)nc(-n2cncn2)n1. The summed E-state index contributed by atoms with van der Waals surface area (Å²) in [6.45, 7) is 3.55. The summed E-state index contributed by atoms with van der Waals surface area (Å²) in [5.74, 6) is 1.36. The van der Waals surface area contributed by atoms with Gasteiger partial charge in [0.1, 0.15) is 12.7 Å². The number of nitrogens with one attached hydrogen (secondary N) is 2. The van der Waals surface area contributed by atoms with Crippen molar-refractivity contribution in [1.29, 1.82) is 0 Å². The molecule has 20 heavy (non-hydrogen) atoms. The van der Waals surface area contributed by atoms with Gasteiger partial charge in [-0.3, -0.25) is 0 Å². The molecule has 0 aliphatic carbocycles. The van der Waals surface area contributed by atoms with Crippen molar-refractivity contribution in [2.45, 2.75) is 19.8 Å². The molecular formula is C11H18N8O. The summed E-state index contributed by atoms with van der Waals surface area (Å²) in [7, 11) is 0. The standard InChI is InChI=1S/C11H18N8O/c1-2-13-9-16-10(14-5-3-4-6-20)18-11(17-9)19-8-12-7-15-19/h7-8,20H,2-6H2,1H3,(H2,13,14,16,17,18). The van der Waals surface area contributed by atoms with Crippen LogP contribution in [-0.4, -0.2) is 54.5 Å². The third-order valence-electron chi connectivity index (χ3n) is 2.45. The molecule has 108 valence electrons. The molecule has 0 saturated carbocycles. The summed E-state index contributed by atoms with van der Waals surface area (Å²) in [6.07, 6.45) is 4.54. The minimum atomic E-state index is 0.186. The summed E-state index contributed by atoms with van der Waals surface area (Å²) in [5.41, 5.74) is 0. The number of anilines is 2. The summed E-state index contributed by atoms with van der Waals surface area (Å²) < 4.78 is 1.47. The molecule has 0 aliphatic heterocycles. The van der Waals surface area contributed by atoms with Gasteiger partial charge < -0.3 is 15.7 Å². The summed E-state index contributed by atoms with van der Waals surface area (Å²) in [6, 6.07) is 0. The number of unbranched alkanes of at least 4 members (excludes halogenated alkanes) is 1. The van der Waals surface area contributed by atoms with Crippen LogP contribution < -0.4 is 10.6 Å². The van der Waals surface area contributed by atoms with Gasteiger partial charge in [-0.25, -0.2) is 4.98 Å². The Kier molecular flexibility index (Phi) is 5.18. The number of hydrogen-bond acceptors (Lipinski definition) is 8. The average molecular weight is 278 g/mol. The molecule has 0 fully saturated rings. The first-order chi connectivity index (χ1) is 9.83. The largest absolute Gasteiger partial charge is 0.396 e. The maximum Gasteiger partial charge on any atom is 0.258 e. The monoisotopic (exact) mass is 278 g/mol. The normalized spacial score (nSPS) is 10.5. The fourth-order valence-electron chi connectivity index (χ4n) is 1.53. The van der Waals surface area contributed by atoms with Crippen molar-refractivity contribution >= 4 is 11.9 Å². The number of aliphatic hydroxyl groups is 1. The van der Waals surface area contributed by atoms with Crippen molar-refractivity contribution in [3.63, 3.8) is 0 Å². The van der Waals surface area contributed by atoms with Crippen LogP contribution in [0.15, 0.2) is 12.7 Å². The quantitative estimate of drug-likeness (QED) is 0.581. The molecule has 2 rings (SSSR count). The van der Waals surface area contributed by atoms with Gasteiger partial charge in [0.05, 0.1) is 0 Å². The van der Waals surface area contributed by atoms with Gasteiger partial charge in [0, 0.05) is 19.7 Å². The van der Waals surface area contributed by atoms with Crippen LogP contribution in [0, 0.1) is 0 Å². The highest BCUT2D eigenvalue weighted by Crippen LogP contribution is 2.08. The van der Waals surface area contributed by atoms with Gasteiger partial charge in [-0.05, 0) is 19.8 Å². The van der Waals surface area contributed by atoms with E-state index < -0.39 is 0 Å². The van der Waals surface area contributed by atoms with E-state index in [4.69, 9.17) is 5.11 Å². The average Bonchev–Trinajstić information content (AvgIpc) is 2.98. The Morgan fingerprint density at radius 2 is 1.95 bits per heavy atom. The van der Waals surface area contributed by atoms with Crippen LogP contribution in [0.1, 0.15) is 19.8 Å². The minimum absolute atomic E-state index is 0.186. The van der Waals surface area contributed by atoms with Crippen LogP contribution in [-0.2, 0) is 0 Å². The number of aliphatic hydroxyl groups excluding tert-OH is 1. The molecule has 0 aliphatic rings. The molecule has 0 amide bonds. The Balaban J connectivity index is 2.13. The van der Waals surface area contributed by atoms with Crippen LogP contribution in [0.25, 0.3) is 5.95 Å². The third kappa shape index (κ3) is 3.85. The Hall–Kier alpha value is -2.29. The molecule has 0 unspecified atom stereocenters. The van der Waals surface area contributed by atoms with Gasteiger partial charge in [-0.15, -0.1) is 0 Å². The molecule has 0 bridgehead atoms. The number of hydrogen-bond donors (Lipinski definition) is 3. The molecule has 2 aromatic rings. The fraction of sp³-hybridized carbons (Fsp3) is 0.545. The Labute approximate surface area is 116 Å². The van der Waals surface area contributed by atoms with E-state index in [0.717, 1.165) is 12.8 Å². The molecular weight excluding hydrogens is 260 g/mol. The molecule has 0 aromatic carbocycles. The van der Waals surface area contributed by atoms with Crippen LogP contribution in [0.2, 0.25) is 0 Å². The predicted octanol–water partition coefficient (Wildman–Crippen LogP) is 0.0685. The molecule has 9 nitrogen and oxygen atoms in total. The van der Waals surface area contributed by atoms with Crippen molar-refractivity contribution < 1.29 is 5.11 Å². The number of rotatable bonds is 8. The first-order valence-electron chi connectivity index (χ1n) is 6.53. The Morgan fingerprint density at radius 3 is 2.60 bits per heavy atom. The molecule has 0 spiro atoms. The first-order valence-corrected chi connectivity index (χ1v) is 6.53. The van der Waals surface area contributed by atoms with Crippen molar-refractivity contribution in [3.8, 4) is 5.95 Å². The fourth-order valence-corrected chi connectivity index (χ4v) is 1.53. The lowest BCUT2D eigenvalue weighted by atomic mass is 10.3. The van der Waals surface area contributed by atoms with Gasteiger partial charge in [0.15, 0.2) is 0 Å². The van der Waals surface area contributed by atoms with Crippen LogP contribution in [0.3, 0.4) is 0 Å². The topological polar surface area (TPSA) is 114 Å². The second-order valence-electron chi connectivity index (χ2n) is 4.01. The van der Waals surface area contributed by atoms with E-state index in [1.807, 2.05) is 6.92 Å². The molecule has 0 saturated heterocycles. The van der Waals surface area contributed by atoms with E-state index in [0.29, 0.717) is 30.9 Å². The van der Waals surface area contributed by atoms with Crippen molar-refractivity contribution in [2.24, 2.45) is 0 Å². The summed E-state index contributed by atoms with van der Waals surface area (Å²) in [5, 5.41) is 18.9. The zero-order chi connectivity index (χ0) is 14.2. The molecule has 9 heteroatoms. The molecule has 3 N–H and O–H groups in total. The maximum absolute atomic E-state index is 8.75. The number of aromatic nitrogens is 6. The maximum atomic E-state index is 8.75. The molecule has 2 heterocycles. The highest BCUT2D eigenvalue weighted by Gasteiger charge is 2.08. The molecule has 0 radical (unpaired) electrons. The zero-order valence-electron chi connectivity index (χ0n) is 11.3. The van der Waals surface area contributed by atoms with E-state index in [1.165, 1.54) is 17.3 Å². The number of nitrogens with zero attached hydrogens (tertiary/aromatic N) is 6. The van der Waals surface area contributed by atoms with Crippen LogP contribution in [0.4, 0.5) is 11.9 Å². The lowest BCUT2D eigenvalue weighted by Gasteiger charge is -2.08.